The van der Waals surface area contributed by atoms with Crippen molar-refractivity contribution in [2.75, 3.05) is 40.5 Å². The monoisotopic (exact) mass is 244 g/mol. The van der Waals surface area contributed by atoms with Crippen LogP contribution in [0.3, 0.4) is 0 Å². The van der Waals surface area contributed by atoms with Crippen molar-refractivity contribution in [3.05, 3.63) is 0 Å². The van der Waals surface area contributed by atoms with Crippen LogP contribution in [0.5, 0.6) is 0 Å². The summed E-state index contributed by atoms with van der Waals surface area (Å²) in [4.78, 5) is 14.1. The number of nitrogens with two attached hydrogens (primary N) is 1. The molecule has 1 amide bonds. The number of ether oxygens (including phenoxy) is 2. The van der Waals surface area contributed by atoms with Crippen molar-refractivity contribution in [3.63, 3.8) is 0 Å². The quantitative estimate of drug-likeness (QED) is 0.696. The Labute approximate surface area is 103 Å². The van der Waals surface area contributed by atoms with Crippen LogP contribution in [0.4, 0.5) is 0 Å². The lowest BCUT2D eigenvalue weighted by Crippen LogP contribution is -2.40. The molecule has 5 nitrogen and oxygen atoms in total. The van der Waals surface area contributed by atoms with Crippen molar-refractivity contribution in [2.45, 2.75) is 25.3 Å². The molecule has 17 heavy (non-hydrogen) atoms. The van der Waals surface area contributed by atoms with E-state index in [4.69, 9.17) is 15.2 Å². The largest absolute Gasteiger partial charge is 0.383 e. The number of nitrogens with zero attached hydrogens (tertiary/aromatic N) is 1. The van der Waals surface area contributed by atoms with Gasteiger partial charge in [-0.1, -0.05) is 0 Å². The molecule has 1 saturated carbocycles. The topological polar surface area (TPSA) is 64.8 Å². The number of carbonyl (C=O) groups is 1. The van der Waals surface area contributed by atoms with Gasteiger partial charge in [-0.2, -0.15) is 0 Å². The molecule has 0 saturated heterocycles. The van der Waals surface area contributed by atoms with E-state index in [9.17, 15) is 4.79 Å². The Morgan fingerprint density at radius 2 is 1.82 bits per heavy atom. The second kappa shape index (κ2) is 7.63. The van der Waals surface area contributed by atoms with E-state index in [0.29, 0.717) is 26.3 Å². The van der Waals surface area contributed by atoms with E-state index in [0.717, 1.165) is 19.3 Å². The lowest BCUT2D eigenvalue weighted by Gasteiger charge is -2.25. The molecule has 0 radical (unpaired) electrons. The maximum absolute atomic E-state index is 12.3. The zero-order valence-electron chi connectivity index (χ0n) is 10.9. The molecular formula is C12H24N2O3. The summed E-state index contributed by atoms with van der Waals surface area (Å²) in [7, 11) is 3.29. The summed E-state index contributed by atoms with van der Waals surface area (Å²) in [5.74, 6) is 0.297. The second-order valence-electron chi connectivity index (χ2n) is 4.58. The van der Waals surface area contributed by atoms with Crippen LogP contribution in [0.2, 0.25) is 0 Å². The van der Waals surface area contributed by atoms with Crippen LogP contribution in [-0.4, -0.2) is 57.4 Å². The lowest BCUT2D eigenvalue weighted by molar-refractivity contribution is -0.136. The van der Waals surface area contributed by atoms with Gasteiger partial charge >= 0.3 is 0 Å². The summed E-state index contributed by atoms with van der Waals surface area (Å²) >= 11 is 0. The fourth-order valence-electron chi connectivity index (χ4n) is 2.23. The molecule has 2 atom stereocenters. The molecule has 1 rings (SSSR count). The Morgan fingerprint density at radius 1 is 1.24 bits per heavy atom. The van der Waals surface area contributed by atoms with Gasteiger partial charge in [0.15, 0.2) is 0 Å². The van der Waals surface area contributed by atoms with Gasteiger partial charge in [0.25, 0.3) is 0 Å². The summed E-state index contributed by atoms with van der Waals surface area (Å²) in [5, 5.41) is 0. The second-order valence-corrected chi connectivity index (χ2v) is 4.58. The predicted molar refractivity (Wildman–Crippen MR) is 65.6 cm³/mol. The van der Waals surface area contributed by atoms with Crippen LogP contribution in [0.15, 0.2) is 0 Å². The molecule has 0 heterocycles. The molecule has 5 heteroatoms. The first-order valence-corrected chi connectivity index (χ1v) is 6.21. The van der Waals surface area contributed by atoms with E-state index in [-0.39, 0.29) is 17.9 Å². The number of rotatable bonds is 7. The molecule has 1 fully saturated rings. The molecule has 2 N–H and O–H groups in total. The van der Waals surface area contributed by atoms with Crippen molar-refractivity contribution in [1.82, 2.24) is 4.90 Å². The van der Waals surface area contributed by atoms with Gasteiger partial charge in [0.1, 0.15) is 0 Å². The highest BCUT2D eigenvalue weighted by Crippen LogP contribution is 2.25. The van der Waals surface area contributed by atoms with Crippen molar-refractivity contribution < 1.29 is 14.3 Å². The molecule has 0 bridgehead atoms. The normalized spacial score (nSPS) is 23.9. The van der Waals surface area contributed by atoms with E-state index in [1.54, 1.807) is 14.2 Å². The molecular weight excluding hydrogens is 220 g/mol. The van der Waals surface area contributed by atoms with Crippen LogP contribution >= 0.6 is 0 Å². The first kappa shape index (κ1) is 14.4. The molecule has 0 spiro atoms. The summed E-state index contributed by atoms with van der Waals surface area (Å²) in [6.45, 7) is 2.39. The zero-order valence-corrected chi connectivity index (χ0v) is 10.9. The molecule has 0 aromatic carbocycles. The van der Waals surface area contributed by atoms with E-state index >= 15 is 0 Å². The van der Waals surface area contributed by atoms with Crippen LogP contribution in [0, 0.1) is 5.92 Å². The number of amides is 1. The average molecular weight is 244 g/mol. The summed E-state index contributed by atoms with van der Waals surface area (Å²) in [6, 6.07) is 0.190. The highest BCUT2D eigenvalue weighted by atomic mass is 16.5. The van der Waals surface area contributed by atoms with Gasteiger partial charge in [-0.25, -0.2) is 0 Å². The minimum atomic E-state index is 0.0960. The zero-order chi connectivity index (χ0) is 12.7. The third kappa shape index (κ3) is 4.61. The fraction of sp³-hybridized carbons (Fsp3) is 0.917. The number of hydrogen-bond donors (Lipinski definition) is 1. The Kier molecular flexibility index (Phi) is 6.47. The first-order chi connectivity index (χ1) is 8.19. The van der Waals surface area contributed by atoms with Gasteiger partial charge in [-0.05, 0) is 19.3 Å². The average Bonchev–Trinajstić information content (AvgIpc) is 2.75. The Balaban J connectivity index is 2.45. The summed E-state index contributed by atoms with van der Waals surface area (Å²) in [6.07, 6.45) is 2.69. The van der Waals surface area contributed by atoms with E-state index in [1.165, 1.54) is 0 Å². The van der Waals surface area contributed by atoms with Gasteiger partial charge in [0.2, 0.25) is 5.91 Å². The SMILES string of the molecule is COCCN(CCOC)C(=O)C1CCC(N)C1. The van der Waals surface area contributed by atoms with Gasteiger partial charge in [0, 0.05) is 39.3 Å². The molecule has 0 aliphatic heterocycles. The number of carbonyl (C=O) groups excluding carboxylic acids is 1. The van der Waals surface area contributed by atoms with Crippen LogP contribution < -0.4 is 5.73 Å². The fourth-order valence-corrected chi connectivity index (χ4v) is 2.23. The number of hydrogen-bond acceptors (Lipinski definition) is 4. The third-order valence-corrected chi connectivity index (χ3v) is 3.26. The summed E-state index contributed by atoms with van der Waals surface area (Å²) in [5.41, 5.74) is 5.84. The van der Waals surface area contributed by atoms with E-state index in [1.807, 2.05) is 4.90 Å². The van der Waals surface area contributed by atoms with Crippen LogP contribution in [0.1, 0.15) is 19.3 Å². The van der Waals surface area contributed by atoms with Crippen molar-refractivity contribution in [2.24, 2.45) is 11.7 Å². The van der Waals surface area contributed by atoms with Crippen molar-refractivity contribution >= 4 is 5.91 Å². The van der Waals surface area contributed by atoms with E-state index < -0.39 is 0 Å². The highest BCUT2D eigenvalue weighted by Gasteiger charge is 2.30. The Bertz CT molecular complexity index is 228. The van der Waals surface area contributed by atoms with Crippen molar-refractivity contribution in [3.8, 4) is 0 Å². The molecule has 2 unspecified atom stereocenters. The summed E-state index contributed by atoms with van der Waals surface area (Å²) < 4.78 is 10.1. The molecule has 100 valence electrons. The maximum atomic E-state index is 12.3. The predicted octanol–water partition coefficient (Wildman–Crippen LogP) is 0.235. The van der Waals surface area contributed by atoms with Gasteiger partial charge in [-0.15, -0.1) is 0 Å². The molecule has 1 aliphatic carbocycles. The van der Waals surface area contributed by atoms with Crippen LogP contribution in [0.25, 0.3) is 0 Å². The standard InChI is InChI=1S/C12H24N2O3/c1-16-7-5-14(6-8-17-2)12(15)10-3-4-11(13)9-10/h10-11H,3-9,13H2,1-2H3. The number of methoxy groups -OCH3 is 2. The molecule has 1 aliphatic rings. The maximum Gasteiger partial charge on any atom is 0.225 e. The van der Waals surface area contributed by atoms with E-state index in [2.05, 4.69) is 0 Å². The Morgan fingerprint density at radius 3 is 2.24 bits per heavy atom. The minimum absolute atomic E-state index is 0.0960. The molecule has 0 aromatic heterocycles. The smallest absolute Gasteiger partial charge is 0.225 e. The first-order valence-electron chi connectivity index (χ1n) is 6.21. The minimum Gasteiger partial charge on any atom is -0.383 e. The van der Waals surface area contributed by atoms with Crippen LogP contribution in [-0.2, 0) is 14.3 Å². The lowest BCUT2D eigenvalue weighted by atomic mass is 10.1. The molecule has 0 aromatic rings. The third-order valence-electron chi connectivity index (χ3n) is 3.26. The van der Waals surface area contributed by atoms with Gasteiger partial charge in [0.05, 0.1) is 13.2 Å². The van der Waals surface area contributed by atoms with Gasteiger partial charge < -0.3 is 20.1 Å². The van der Waals surface area contributed by atoms with Gasteiger partial charge in [-0.3, -0.25) is 4.79 Å². The highest BCUT2D eigenvalue weighted by molar-refractivity contribution is 5.79. The van der Waals surface area contributed by atoms with Crippen molar-refractivity contribution in [1.29, 1.82) is 0 Å². The Hall–Kier alpha value is -0.650.